The standard InChI is InChI=1S/C5H4N.5CH2.2ClH.Fe/c1-2-4-6-5-3-1;;;;;;;;/h1-4H;5*1H2;2*1H;. The van der Waals surface area contributed by atoms with Gasteiger partial charge in [-0.15, -0.1) is 24.8 Å². The van der Waals surface area contributed by atoms with Crippen LogP contribution >= 0.6 is 24.8 Å². The molecule has 0 radical (unpaired) electrons. The molecule has 0 atom stereocenters. The molecule has 0 saturated heterocycles. The number of hydrogen-bond acceptors (Lipinski definition) is 1. The van der Waals surface area contributed by atoms with Gasteiger partial charge in [-0.1, -0.05) is 0 Å². The molecule has 1 aromatic rings. The molecule has 0 fully saturated rings. The Kier molecular flexibility index (Phi) is 3.80. The molecule has 0 spiro atoms. The van der Waals surface area contributed by atoms with Gasteiger partial charge in [0.05, 0.1) is 0 Å². The number of aromatic nitrogens is 1. The van der Waals surface area contributed by atoms with Crippen LogP contribution in [0, 0.1) is 0 Å². The summed E-state index contributed by atoms with van der Waals surface area (Å²) in [7, 11) is -3.61. The zero-order chi connectivity index (χ0) is 9.52. The molecule has 1 heterocycles. The maximum absolute atomic E-state index is 4.15. The van der Waals surface area contributed by atoms with Crippen molar-refractivity contribution in [3.05, 3.63) is 24.4 Å². The van der Waals surface area contributed by atoms with Gasteiger partial charge in [-0.2, -0.15) is 0 Å². The van der Waals surface area contributed by atoms with Crippen LogP contribution in [-0.4, -0.2) is 32.1 Å². The number of hydrogen-bond donors (Lipinski definition) is 0. The maximum atomic E-state index is 4.15. The van der Waals surface area contributed by atoms with Crippen molar-refractivity contribution in [1.29, 1.82) is 0 Å². The third kappa shape index (κ3) is 4.21. The molecule has 0 bridgehead atoms. The second-order valence-electron chi connectivity index (χ2n) is 3.53. The molecule has 0 aliphatic carbocycles. The first-order chi connectivity index (χ1) is 5.09. The van der Waals surface area contributed by atoms with Crippen molar-refractivity contribution in [1.82, 2.24) is 4.98 Å². The van der Waals surface area contributed by atoms with Crippen LogP contribution < -0.4 is 4.59 Å². The van der Waals surface area contributed by atoms with E-state index in [1.807, 2.05) is 18.2 Å². The van der Waals surface area contributed by atoms with E-state index in [4.69, 9.17) is 0 Å². The fraction of sp³-hybridized carbons (Fsp3) is 0. The molecule has 0 N–H and O–H groups in total. The Morgan fingerprint density at radius 1 is 0.929 bits per heavy atom. The van der Waals surface area contributed by atoms with Gasteiger partial charge in [0, 0.05) is 0 Å². The Bertz CT molecular complexity index is 647. The topological polar surface area (TPSA) is 12.9 Å². The van der Waals surface area contributed by atoms with Gasteiger partial charge in [-0.3, -0.25) is 0 Å². The van der Waals surface area contributed by atoms with E-state index in [1.54, 1.807) is 6.20 Å². The summed E-state index contributed by atoms with van der Waals surface area (Å²) in [6, 6.07) is 5.53. The van der Waals surface area contributed by atoms with Gasteiger partial charge in [0.1, 0.15) is 0 Å². The van der Waals surface area contributed by atoms with Crippen LogP contribution in [0.5, 0.6) is 0 Å². The van der Waals surface area contributed by atoms with Crippen LogP contribution in [0.2, 0.25) is 0 Å². The molecule has 0 saturated carbocycles. The fourth-order valence-corrected chi connectivity index (χ4v) is 2.05. The van der Waals surface area contributed by atoms with Crippen LogP contribution in [0.4, 0.5) is 0 Å². The third-order valence-electron chi connectivity index (χ3n) is 1.26. The van der Waals surface area contributed by atoms with E-state index < -0.39 is 8.55 Å². The monoisotopic (exact) mass is 276 g/mol. The van der Waals surface area contributed by atoms with Gasteiger partial charge in [0.25, 0.3) is 0 Å². The summed E-state index contributed by atoms with van der Waals surface area (Å²) >= 11 is 0. The van der Waals surface area contributed by atoms with Crippen molar-refractivity contribution in [2.24, 2.45) is 0 Å². The van der Waals surface area contributed by atoms with E-state index in [2.05, 4.69) is 32.1 Å². The molecule has 1 aromatic heterocycles. The number of rotatable bonds is 1. The van der Waals surface area contributed by atoms with Gasteiger partial charge in [-0.05, 0) is 0 Å². The fourth-order valence-electron chi connectivity index (χ4n) is 0.707. The van der Waals surface area contributed by atoms with Gasteiger partial charge in [0.2, 0.25) is 0 Å². The Morgan fingerprint density at radius 2 is 1.43 bits per heavy atom. The predicted molar refractivity (Wildman–Crippen MR) is 74.0 cm³/mol. The van der Waals surface area contributed by atoms with Gasteiger partial charge in [0.15, 0.2) is 0 Å². The second kappa shape index (κ2) is 3.32. The summed E-state index contributed by atoms with van der Waals surface area (Å²) in [6.07, 6.45) is 1.68. The summed E-state index contributed by atoms with van der Waals surface area (Å²) < 4.78 is 0.706. The van der Waals surface area contributed by atoms with Crippen molar-refractivity contribution in [2.45, 2.75) is 0 Å². The number of nitrogens with zero attached hydrogens (tertiary/aromatic N) is 1. The Labute approximate surface area is 94.3 Å². The molecule has 0 aliphatic rings. The zero-order valence-electron chi connectivity index (χ0n) is 7.96. The summed E-state index contributed by atoms with van der Waals surface area (Å²) in [5.41, 5.74) is 19.7. The molecule has 14 heavy (non-hydrogen) atoms. The molecule has 1 rings (SSSR count). The van der Waals surface area contributed by atoms with Gasteiger partial charge >= 0.3 is 69.6 Å². The van der Waals surface area contributed by atoms with Gasteiger partial charge in [-0.25, -0.2) is 0 Å². The summed E-state index contributed by atoms with van der Waals surface area (Å²) in [4.78, 5) is 4.15. The first kappa shape index (κ1) is 16.0. The van der Waals surface area contributed by atoms with Crippen molar-refractivity contribution in [3.63, 3.8) is 0 Å². The molecular formula is C10H16Cl2FeN. The Hall–Kier alpha value is -0.401. The Morgan fingerprint density at radius 3 is 1.64 bits per heavy atom. The summed E-state index contributed by atoms with van der Waals surface area (Å²) in [6.45, 7) is 0. The first-order valence-corrected chi connectivity index (χ1v) is 7.65. The second-order valence-corrected chi connectivity index (χ2v) is 11.6. The van der Waals surface area contributed by atoms with E-state index in [0.29, 0.717) is 4.59 Å². The van der Waals surface area contributed by atoms with Crippen LogP contribution in [0.1, 0.15) is 0 Å². The van der Waals surface area contributed by atoms with Crippen molar-refractivity contribution in [2.75, 3.05) is 0 Å². The molecule has 0 aromatic carbocycles. The predicted octanol–water partition coefficient (Wildman–Crippen LogP) is 0.936. The van der Waals surface area contributed by atoms with Crippen molar-refractivity contribution in [3.8, 4) is 0 Å². The average Bonchev–Trinajstić information content (AvgIpc) is 1.85. The van der Waals surface area contributed by atoms with Crippen LogP contribution in [-0.2, 0) is 8.55 Å². The third-order valence-corrected chi connectivity index (χ3v) is 3.59. The zero-order valence-corrected chi connectivity index (χ0v) is 10.7. The van der Waals surface area contributed by atoms with E-state index in [-0.39, 0.29) is 24.8 Å². The SMILES string of the molecule is Cl.Cl.[CH2]=[Fe](=[CH2])(=[CH2])(=[CH2])(=[CH2])[c]1ccccn1. The molecule has 0 aliphatic heterocycles. The molecular weight excluding hydrogens is 261 g/mol. The van der Waals surface area contributed by atoms with Crippen molar-refractivity contribution >= 4 is 56.5 Å². The van der Waals surface area contributed by atoms with Crippen molar-refractivity contribution < 1.29 is 8.55 Å². The minimum atomic E-state index is -3.61. The normalized spacial score (nSPS) is 15.1. The van der Waals surface area contributed by atoms with E-state index in [1.165, 1.54) is 0 Å². The first-order valence-electron chi connectivity index (χ1n) is 3.20. The molecule has 0 amide bonds. The molecule has 83 valence electrons. The average molecular weight is 277 g/mol. The molecule has 1 nitrogen and oxygen atoms in total. The van der Waals surface area contributed by atoms with E-state index >= 15 is 0 Å². The van der Waals surface area contributed by atoms with E-state index in [9.17, 15) is 0 Å². The quantitative estimate of drug-likeness (QED) is 0.696. The van der Waals surface area contributed by atoms with Crippen LogP contribution in [0.15, 0.2) is 24.4 Å². The summed E-state index contributed by atoms with van der Waals surface area (Å²) in [5, 5.41) is 0. The Balaban J connectivity index is 0. The van der Waals surface area contributed by atoms with E-state index in [0.717, 1.165) is 0 Å². The molecule has 0 unspecified atom stereocenters. The van der Waals surface area contributed by atoms with Crippen LogP contribution in [0.3, 0.4) is 0 Å². The van der Waals surface area contributed by atoms with Crippen LogP contribution in [0.25, 0.3) is 0 Å². The number of pyridine rings is 1. The summed E-state index contributed by atoms with van der Waals surface area (Å²) in [5.74, 6) is 0. The van der Waals surface area contributed by atoms with Gasteiger partial charge < -0.3 is 0 Å². The number of halogens is 2. The molecule has 4 heteroatoms. The minimum absolute atomic E-state index is 0.